The number of pyridine rings is 1. The van der Waals surface area contributed by atoms with E-state index in [9.17, 15) is 4.79 Å². The molecule has 1 aliphatic rings. The molecule has 144 valence electrons. The molecular weight excluding hydrogens is 354 g/mol. The van der Waals surface area contributed by atoms with E-state index in [4.69, 9.17) is 4.52 Å². The van der Waals surface area contributed by atoms with Gasteiger partial charge < -0.3 is 19.6 Å². The molecule has 28 heavy (non-hydrogen) atoms. The van der Waals surface area contributed by atoms with Crippen LogP contribution in [0.15, 0.2) is 59.3 Å². The van der Waals surface area contributed by atoms with E-state index in [1.54, 1.807) is 12.3 Å². The molecule has 0 unspecified atom stereocenters. The van der Waals surface area contributed by atoms with Crippen LogP contribution in [-0.4, -0.2) is 54.2 Å². The topological polar surface area (TPSA) is 74.5 Å². The molecule has 2 aromatic heterocycles. The smallest absolute Gasteiger partial charge is 0.273 e. The largest absolute Gasteiger partial charge is 0.355 e. The van der Waals surface area contributed by atoms with Crippen molar-refractivity contribution < 1.29 is 9.32 Å². The van der Waals surface area contributed by atoms with E-state index in [1.165, 1.54) is 0 Å². The number of nitrogens with zero attached hydrogens (tertiary/aromatic N) is 4. The van der Waals surface area contributed by atoms with Gasteiger partial charge in [-0.1, -0.05) is 41.6 Å². The monoisotopic (exact) mass is 377 g/mol. The maximum Gasteiger partial charge on any atom is 0.273 e. The molecular formula is C21H23N5O2. The van der Waals surface area contributed by atoms with Gasteiger partial charge in [-0.15, -0.1) is 0 Å². The van der Waals surface area contributed by atoms with Crippen molar-refractivity contribution in [1.29, 1.82) is 0 Å². The molecule has 7 heteroatoms. The molecule has 4 rings (SSSR count). The number of nitrogens with one attached hydrogen (secondary N) is 1. The number of likely N-dealkylation sites (N-methyl/N-ethyl adjacent to an activating group) is 1. The average Bonchev–Trinajstić information content (AvgIpc) is 3.24. The Morgan fingerprint density at radius 3 is 2.68 bits per heavy atom. The minimum Gasteiger partial charge on any atom is -0.355 e. The summed E-state index contributed by atoms with van der Waals surface area (Å²) in [5.74, 6) is 1.24. The SMILES string of the molecule is CN1CCN(c2ncccc2CNC(=O)c2cc(-c3ccccc3)on2)CC1. The van der Waals surface area contributed by atoms with E-state index in [-0.39, 0.29) is 11.6 Å². The highest BCUT2D eigenvalue weighted by Crippen LogP contribution is 2.21. The number of hydrogen-bond donors (Lipinski definition) is 1. The Labute approximate surface area is 164 Å². The summed E-state index contributed by atoms with van der Waals surface area (Å²) in [5.41, 5.74) is 2.15. The molecule has 1 aliphatic heterocycles. The second-order valence-electron chi connectivity index (χ2n) is 6.90. The maximum atomic E-state index is 12.5. The van der Waals surface area contributed by atoms with Crippen LogP contribution < -0.4 is 10.2 Å². The van der Waals surface area contributed by atoms with Crippen LogP contribution in [0.5, 0.6) is 0 Å². The third-order valence-electron chi connectivity index (χ3n) is 4.91. The molecule has 0 spiro atoms. The molecule has 0 bridgehead atoms. The Balaban J connectivity index is 1.42. The van der Waals surface area contributed by atoms with Crippen molar-refractivity contribution in [3.05, 3.63) is 66.0 Å². The number of hydrogen-bond acceptors (Lipinski definition) is 6. The second-order valence-corrected chi connectivity index (χ2v) is 6.90. The Bertz CT molecular complexity index is 933. The molecule has 1 N–H and O–H groups in total. The van der Waals surface area contributed by atoms with Gasteiger partial charge in [0.15, 0.2) is 11.5 Å². The Kier molecular flexibility index (Phi) is 5.34. The lowest BCUT2D eigenvalue weighted by Gasteiger charge is -2.34. The average molecular weight is 377 g/mol. The lowest BCUT2D eigenvalue weighted by Crippen LogP contribution is -2.45. The van der Waals surface area contributed by atoms with Gasteiger partial charge in [-0.25, -0.2) is 4.98 Å². The van der Waals surface area contributed by atoms with Crippen molar-refractivity contribution in [3.8, 4) is 11.3 Å². The molecule has 3 heterocycles. The van der Waals surface area contributed by atoms with E-state index in [0.29, 0.717) is 12.3 Å². The lowest BCUT2D eigenvalue weighted by molar-refractivity contribution is 0.0942. The summed E-state index contributed by atoms with van der Waals surface area (Å²) in [6.45, 7) is 4.26. The molecule has 0 radical (unpaired) electrons. The number of aromatic nitrogens is 2. The number of anilines is 1. The highest BCUT2D eigenvalue weighted by molar-refractivity contribution is 5.93. The number of carbonyl (C=O) groups is 1. The normalized spacial score (nSPS) is 14.8. The van der Waals surface area contributed by atoms with Gasteiger partial charge in [0.05, 0.1) is 0 Å². The molecule has 1 aromatic carbocycles. The quantitative estimate of drug-likeness (QED) is 0.736. The Morgan fingerprint density at radius 1 is 1.11 bits per heavy atom. The molecule has 0 aliphatic carbocycles. The van der Waals surface area contributed by atoms with Gasteiger partial charge in [0, 0.05) is 56.1 Å². The minimum absolute atomic E-state index is 0.265. The summed E-state index contributed by atoms with van der Waals surface area (Å²) in [6.07, 6.45) is 1.79. The van der Waals surface area contributed by atoms with Crippen LogP contribution in [0.4, 0.5) is 5.82 Å². The van der Waals surface area contributed by atoms with Gasteiger partial charge in [0.1, 0.15) is 5.82 Å². The number of carbonyl (C=O) groups excluding carboxylic acids is 1. The number of piperazine rings is 1. The van der Waals surface area contributed by atoms with E-state index in [0.717, 1.165) is 43.1 Å². The van der Waals surface area contributed by atoms with E-state index in [2.05, 4.69) is 32.3 Å². The van der Waals surface area contributed by atoms with Crippen molar-refractivity contribution >= 4 is 11.7 Å². The van der Waals surface area contributed by atoms with E-state index in [1.807, 2.05) is 42.5 Å². The van der Waals surface area contributed by atoms with Crippen LogP contribution in [0.3, 0.4) is 0 Å². The molecule has 1 saturated heterocycles. The summed E-state index contributed by atoms with van der Waals surface area (Å²) >= 11 is 0. The zero-order valence-corrected chi connectivity index (χ0v) is 15.8. The van der Waals surface area contributed by atoms with Gasteiger partial charge in [0.2, 0.25) is 0 Å². The van der Waals surface area contributed by atoms with Gasteiger partial charge in [-0.2, -0.15) is 0 Å². The zero-order valence-electron chi connectivity index (χ0n) is 15.8. The maximum absolute atomic E-state index is 12.5. The minimum atomic E-state index is -0.265. The fraction of sp³-hybridized carbons (Fsp3) is 0.286. The Hall–Kier alpha value is -3.19. The standard InChI is InChI=1S/C21H23N5O2/c1-25-10-12-26(13-11-25)20-17(8-5-9-22-20)15-23-21(27)18-14-19(28-24-18)16-6-3-2-4-7-16/h2-9,14H,10-13,15H2,1H3,(H,23,27). The first kappa shape index (κ1) is 18.2. The number of rotatable bonds is 5. The zero-order chi connectivity index (χ0) is 19.3. The van der Waals surface area contributed by atoms with Crippen LogP contribution in [0, 0.1) is 0 Å². The second kappa shape index (κ2) is 8.22. The van der Waals surface area contributed by atoms with Gasteiger partial charge in [-0.3, -0.25) is 4.79 Å². The molecule has 7 nitrogen and oxygen atoms in total. The van der Waals surface area contributed by atoms with Crippen molar-refractivity contribution in [1.82, 2.24) is 20.4 Å². The first-order chi connectivity index (χ1) is 13.7. The summed E-state index contributed by atoms with van der Waals surface area (Å²) < 4.78 is 5.32. The van der Waals surface area contributed by atoms with Crippen molar-refractivity contribution in [3.63, 3.8) is 0 Å². The highest BCUT2D eigenvalue weighted by Gasteiger charge is 2.19. The predicted molar refractivity (Wildman–Crippen MR) is 107 cm³/mol. The lowest BCUT2D eigenvalue weighted by atomic mass is 10.1. The third kappa shape index (κ3) is 4.04. The highest BCUT2D eigenvalue weighted by atomic mass is 16.5. The van der Waals surface area contributed by atoms with Crippen LogP contribution >= 0.6 is 0 Å². The van der Waals surface area contributed by atoms with Crippen LogP contribution in [0.1, 0.15) is 16.1 Å². The van der Waals surface area contributed by atoms with Gasteiger partial charge >= 0.3 is 0 Å². The molecule has 0 atom stereocenters. The van der Waals surface area contributed by atoms with Gasteiger partial charge in [0.25, 0.3) is 5.91 Å². The van der Waals surface area contributed by atoms with Gasteiger partial charge in [-0.05, 0) is 13.1 Å². The van der Waals surface area contributed by atoms with Crippen molar-refractivity contribution in [2.24, 2.45) is 0 Å². The van der Waals surface area contributed by atoms with Crippen LogP contribution in [-0.2, 0) is 6.54 Å². The molecule has 3 aromatic rings. The van der Waals surface area contributed by atoms with Crippen LogP contribution in [0.2, 0.25) is 0 Å². The fourth-order valence-corrected chi connectivity index (χ4v) is 3.26. The summed E-state index contributed by atoms with van der Waals surface area (Å²) in [6, 6.07) is 15.2. The first-order valence-electron chi connectivity index (χ1n) is 9.38. The molecule has 1 amide bonds. The summed E-state index contributed by atoms with van der Waals surface area (Å²) in [5, 5.41) is 6.84. The Morgan fingerprint density at radius 2 is 1.89 bits per heavy atom. The first-order valence-corrected chi connectivity index (χ1v) is 9.38. The molecule has 0 saturated carbocycles. The predicted octanol–water partition coefficient (Wildman–Crippen LogP) is 2.42. The fourth-order valence-electron chi connectivity index (χ4n) is 3.26. The van der Waals surface area contributed by atoms with E-state index < -0.39 is 0 Å². The number of benzene rings is 1. The van der Waals surface area contributed by atoms with Crippen molar-refractivity contribution in [2.75, 3.05) is 38.1 Å². The molecule has 1 fully saturated rings. The number of amides is 1. The van der Waals surface area contributed by atoms with Crippen molar-refractivity contribution in [2.45, 2.75) is 6.54 Å². The van der Waals surface area contributed by atoms with E-state index >= 15 is 0 Å². The summed E-state index contributed by atoms with van der Waals surface area (Å²) in [7, 11) is 2.12. The summed E-state index contributed by atoms with van der Waals surface area (Å²) in [4.78, 5) is 21.6. The third-order valence-corrected chi connectivity index (χ3v) is 4.91. The van der Waals surface area contributed by atoms with Crippen LogP contribution in [0.25, 0.3) is 11.3 Å².